The molecule has 0 amide bonds. The first-order valence-corrected chi connectivity index (χ1v) is 6.29. The molecule has 3 aliphatic rings. The standard InChI is InChI=1S/C12H21NO/c14-11-3-1-2-10(11)13-12(8-4-5-8)9-6-7-9/h8-14H,1-7H2/t10-,11-/m0/s1. The molecule has 3 saturated carbocycles. The normalized spacial score (nSPS) is 38.1. The van der Waals surface area contributed by atoms with Crippen molar-refractivity contribution in [3.8, 4) is 0 Å². The molecule has 2 heteroatoms. The lowest BCUT2D eigenvalue weighted by atomic mass is 10.0. The van der Waals surface area contributed by atoms with E-state index in [1.807, 2.05) is 0 Å². The van der Waals surface area contributed by atoms with Gasteiger partial charge in [-0.05, 0) is 56.8 Å². The van der Waals surface area contributed by atoms with Gasteiger partial charge in [0, 0.05) is 12.1 Å². The van der Waals surface area contributed by atoms with Crippen LogP contribution in [0.25, 0.3) is 0 Å². The molecule has 0 bridgehead atoms. The summed E-state index contributed by atoms with van der Waals surface area (Å²) in [6.07, 6.45) is 9.06. The zero-order chi connectivity index (χ0) is 9.54. The number of hydrogen-bond donors (Lipinski definition) is 2. The Kier molecular flexibility index (Phi) is 2.29. The third kappa shape index (κ3) is 1.82. The van der Waals surface area contributed by atoms with Crippen molar-refractivity contribution in [2.24, 2.45) is 11.8 Å². The van der Waals surface area contributed by atoms with Gasteiger partial charge in [-0.2, -0.15) is 0 Å². The Morgan fingerprint density at radius 2 is 1.57 bits per heavy atom. The quantitative estimate of drug-likeness (QED) is 0.715. The van der Waals surface area contributed by atoms with Crippen molar-refractivity contribution >= 4 is 0 Å². The molecule has 0 aromatic rings. The van der Waals surface area contributed by atoms with E-state index in [0.717, 1.165) is 24.3 Å². The Bertz CT molecular complexity index is 198. The molecule has 0 aromatic heterocycles. The fourth-order valence-corrected chi connectivity index (χ4v) is 2.95. The van der Waals surface area contributed by atoms with E-state index in [2.05, 4.69) is 5.32 Å². The summed E-state index contributed by atoms with van der Waals surface area (Å²) in [5, 5.41) is 13.5. The fourth-order valence-electron chi connectivity index (χ4n) is 2.95. The topological polar surface area (TPSA) is 32.3 Å². The van der Waals surface area contributed by atoms with Gasteiger partial charge >= 0.3 is 0 Å². The van der Waals surface area contributed by atoms with Gasteiger partial charge in [-0.3, -0.25) is 0 Å². The van der Waals surface area contributed by atoms with Gasteiger partial charge in [0.2, 0.25) is 0 Å². The molecule has 0 radical (unpaired) electrons. The number of rotatable bonds is 4. The highest BCUT2D eigenvalue weighted by atomic mass is 16.3. The highest BCUT2D eigenvalue weighted by Gasteiger charge is 2.43. The first-order valence-electron chi connectivity index (χ1n) is 6.29. The van der Waals surface area contributed by atoms with Crippen LogP contribution in [-0.2, 0) is 0 Å². The second-order valence-corrected chi connectivity index (χ2v) is 5.47. The van der Waals surface area contributed by atoms with E-state index < -0.39 is 0 Å². The molecule has 3 rings (SSSR count). The molecule has 3 aliphatic carbocycles. The molecular weight excluding hydrogens is 174 g/mol. The molecule has 0 aromatic carbocycles. The Hall–Kier alpha value is -0.0800. The number of hydrogen-bond acceptors (Lipinski definition) is 2. The maximum atomic E-state index is 9.78. The summed E-state index contributed by atoms with van der Waals surface area (Å²) in [5.74, 6) is 1.91. The van der Waals surface area contributed by atoms with E-state index in [1.165, 1.54) is 38.5 Å². The van der Waals surface area contributed by atoms with Gasteiger partial charge in [0.25, 0.3) is 0 Å². The molecule has 0 aliphatic heterocycles. The van der Waals surface area contributed by atoms with Crippen molar-refractivity contribution < 1.29 is 5.11 Å². The van der Waals surface area contributed by atoms with Gasteiger partial charge in [-0.25, -0.2) is 0 Å². The fraction of sp³-hybridized carbons (Fsp3) is 1.00. The number of aliphatic hydroxyl groups excluding tert-OH is 1. The Balaban J connectivity index is 1.57. The zero-order valence-corrected chi connectivity index (χ0v) is 8.78. The van der Waals surface area contributed by atoms with Crippen LogP contribution in [0.3, 0.4) is 0 Å². The van der Waals surface area contributed by atoms with Gasteiger partial charge in [0.1, 0.15) is 0 Å². The number of nitrogens with one attached hydrogen (secondary N) is 1. The number of aliphatic hydroxyl groups is 1. The van der Waals surface area contributed by atoms with Crippen molar-refractivity contribution in [2.75, 3.05) is 0 Å². The van der Waals surface area contributed by atoms with E-state index in [-0.39, 0.29) is 6.10 Å². The van der Waals surface area contributed by atoms with E-state index in [9.17, 15) is 5.11 Å². The molecule has 0 unspecified atom stereocenters. The van der Waals surface area contributed by atoms with Crippen LogP contribution in [0.2, 0.25) is 0 Å². The van der Waals surface area contributed by atoms with Gasteiger partial charge in [-0.1, -0.05) is 0 Å². The van der Waals surface area contributed by atoms with Crippen LogP contribution < -0.4 is 5.32 Å². The summed E-state index contributed by atoms with van der Waals surface area (Å²) in [4.78, 5) is 0. The molecule has 14 heavy (non-hydrogen) atoms. The first kappa shape index (κ1) is 9.17. The maximum Gasteiger partial charge on any atom is 0.0693 e. The Morgan fingerprint density at radius 3 is 2.00 bits per heavy atom. The Morgan fingerprint density at radius 1 is 0.929 bits per heavy atom. The van der Waals surface area contributed by atoms with Crippen molar-refractivity contribution in [3.63, 3.8) is 0 Å². The van der Waals surface area contributed by atoms with Crippen LogP contribution in [0.4, 0.5) is 0 Å². The van der Waals surface area contributed by atoms with Crippen LogP contribution in [0.1, 0.15) is 44.9 Å². The third-order valence-electron chi connectivity index (χ3n) is 4.15. The Labute approximate surface area is 86.1 Å². The second-order valence-electron chi connectivity index (χ2n) is 5.47. The average Bonchev–Trinajstić information content (AvgIpc) is 3.05. The first-order chi connectivity index (χ1) is 6.84. The summed E-state index contributed by atoms with van der Waals surface area (Å²) >= 11 is 0. The molecule has 0 spiro atoms. The molecule has 80 valence electrons. The van der Waals surface area contributed by atoms with Crippen LogP contribution in [0, 0.1) is 11.8 Å². The lowest BCUT2D eigenvalue weighted by Crippen LogP contribution is -2.44. The maximum absolute atomic E-state index is 9.78. The van der Waals surface area contributed by atoms with Crippen LogP contribution in [0.5, 0.6) is 0 Å². The van der Waals surface area contributed by atoms with Gasteiger partial charge in [0.15, 0.2) is 0 Å². The monoisotopic (exact) mass is 195 g/mol. The van der Waals surface area contributed by atoms with E-state index in [0.29, 0.717) is 6.04 Å². The minimum absolute atomic E-state index is 0.0602. The zero-order valence-electron chi connectivity index (χ0n) is 8.78. The molecule has 2 nitrogen and oxygen atoms in total. The molecule has 2 atom stereocenters. The summed E-state index contributed by atoms with van der Waals surface area (Å²) in [5.41, 5.74) is 0. The highest BCUT2D eigenvalue weighted by molar-refractivity contribution is 4.99. The minimum Gasteiger partial charge on any atom is -0.392 e. The predicted octanol–water partition coefficient (Wildman–Crippen LogP) is 1.68. The smallest absolute Gasteiger partial charge is 0.0693 e. The lowest BCUT2D eigenvalue weighted by molar-refractivity contribution is 0.138. The molecular formula is C12H21NO. The molecule has 3 fully saturated rings. The minimum atomic E-state index is -0.0602. The summed E-state index contributed by atoms with van der Waals surface area (Å²) in [6, 6.07) is 1.17. The summed E-state index contributed by atoms with van der Waals surface area (Å²) in [7, 11) is 0. The molecule has 0 saturated heterocycles. The van der Waals surface area contributed by atoms with Crippen LogP contribution in [0.15, 0.2) is 0 Å². The van der Waals surface area contributed by atoms with Crippen molar-refractivity contribution in [2.45, 2.75) is 63.1 Å². The summed E-state index contributed by atoms with van der Waals surface area (Å²) < 4.78 is 0. The van der Waals surface area contributed by atoms with E-state index in [4.69, 9.17) is 0 Å². The van der Waals surface area contributed by atoms with Crippen molar-refractivity contribution in [3.05, 3.63) is 0 Å². The predicted molar refractivity (Wildman–Crippen MR) is 56.0 cm³/mol. The van der Waals surface area contributed by atoms with Crippen molar-refractivity contribution in [1.29, 1.82) is 0 Å². The van der Waals surface area contributed by atoms with Crippen molar-refractivity contribution in [1.82, 2.24) is 5.32 Å². The average molecular weight is 195 g/mol. The largest absolute Gasteiger partial charge is 0.392 e. The molecule has 0 heterocycles. The van der Waals surface area contributed by atoms with Gasteiger partial charge < -0.3 is 10.4 Å². The highest BCUT2D eigenvalue weighted by Crippen LogP contribution is 2.45. The molecule has 2 N–H and O–H groups in total. The third-order valence-corrected chi connectivity index (χ3v) is 4.15. The van der Waals surface area contributed by atoms with E-state index in [1.54, 1.807) is 0 Å². The van der Waals surface area contributed by atoms with Crippen LogP contribution >= 0.6 is 0 Å². The second kappa shape index (κ2) is 3.49. The van der Waals surface area contributed by atoms with Gasteiger partial charge in [-0.15, -0.1) is 0 Å². The van der Waals surface area contributed by atoms with Crippen LogP contribution in [-0.4, -0.2) is 23.3 Å². The SMILES string of the molecule is O[C@H]1CCC[C@@H]1NC(C1CC1)C1CC1. The van der Waals surface area contributed by atoms with Gasteiger partial charge in [0.05, 0.1) is 6.10 Å². The lowest BCUT2D eigenvalue weighted by Gasteiger charge is -2.24. The van der Waals surface area contributed by atoms with E-state index >= 15 is 0 Å². The summed E-state index contributed by atoms with van der Waals surface area (Å²) in [6.45, 7) is 0.